The van der Waals surface area contributed by atoms with Crippen molar-refractivity contribution in [3.05, 3.63) is 29.8 Å². The summed E-state index contributed by atoms with van der Waals surface area (Å²) in [5.74, 6) is 1.08. The summed E-state index contributed by atoms with van der Waals surface area (Å²) >= 11 is 0. The molecule has 0 heterocycles. The molecule has 0 aromatic heterocycles. The van der Waals surface area contributed by atoms with Gasteiger partial charge in [0, 0.05) is 18.5 Å². The maximum atomic E-state index is 11.8. The fraction of sp³-hybridized carbons (Fsp3) is 0.533. The summed E-state index contributed by atoms with van der Waals surface area (Å²) in [6, 6.07) is 8.03. The lowest BCUT2D eigenvalue weighted by Gasteiger charge is -2.31. The van der Waals surface area contributed by atoms with Gasteiger partial charge in [0.2, 0.25) is 5.91 Å². The summed E-state index contributed by atoms with van der Waals surface area (Å²) in [7, 11) is 0. The molecule has 3 N–H and O–H groups in total. The van der Waals surface area contributed by atoms with E-state index in [0.717, 1.165) is 24.2 Å². The van der Waals surface area contributed by atoms with Crippen LogP contribution in [0.25, 0.3) is 0 Å². The lowest BCUT2D eigenvalue weighted by atomic mass is 9.80. The number of carbonyl (C=O) groups is 1. The van der Waals surface area contributed by atoms with Crippen LogP contribution >= 0.6 is 0 Å². The minimum Gasteiger partial charge on any atom is -0.491 e. The molecule has 1 saturated carbocycles. The van der Waals surface area contributed by atoms with Gasteiger partial charge in [0.15, 0.2) is 0 Å². The van der Waals surface area contributed by atoms with E-state index >= 15 is 0 Å². The molecule has 0 aliphatic heterocycles. The third-order valence-electron chi connectivity index (χ3n) is 3.31. The summed E-state index contributed by atoms with van der Waals surface area (Å²) in [6.45, 7) is 4.56. The first-order valence-corrected chi connectivity index (χ1v) is 6.83. The van der Waals surface area contributed by atoms with E-state index in [9.17, 15) is 4.79 Å². The SMILES string of the molecule is CC(C)Oc1ccc(CNC(=O)C2CC(N)C2)cc1. The van der Waals surface area contributed by atoms with Crippen LogP contribution in [0.3, 0.4) is 0 Å². The van der Waals surface area contributed by atoms with E-state index in [2.05, 4.69) is 5.32 Å². The van der Waals surface area contributed by atoms with Gasteiger partial charge in [-0.2, -0.15) is 0 Å². The molecule has 1 aliphatic rings. The van der Waals surface area contributed by atoms with Crippen molar-refractivity contribution in [3.63, 3.8) is 0 Å². The van der Waals surface area contributed by atoms with Gasteiger partial charge in [0.25, 0.3) is 0 Å². The second-order valence-corrected chi connectivity index (χ2v) is 5.46. The summed E-state index contributed by atoms with van der Waals surface area (Å²) in [5, 5.41) is 2.95. The molecular formula is C15H22N2O2. The Morgan fingerprint density at radius 2 is 2.00 bits per heavy atom. The third-order valence-corrected chi connectivity index (χ3v) is 3.31. The highest BCUT2D eigenvalue weighted by Crippen LogP contribution is 2.25. The molecule has 0 unspecified atom stereocenters. The van der Waals surface area contributed by atoms with Crippen LogP contribution in [0.5, 0.6) is 5.75 Å². The number of amides is 1. The summed E-state index contributed by atoms with van der Waals surface area (Å²) in [6.07, 6.45) is 1.80. The Morgan fingerprint density at radius 3 is 2.53 bits per heavy atom. The monoisotopic (exact) mass is 262 g/mol. The van der Waals surface area contributed by atoms with Crippen molar-refractivity contribution in [1.29, 1.82) is 0 Å². The molecule has 0 atom stereocenters. The second kappa shape index (κ2) is 6.06. The Morgan fingerprint density at radius 1 is 1.37 bits per heavy atom. The normalized spacial score (nSPS) is 21.9. The van der Waals surface area contributed by atoms with Gasteiger partial charge in [0.05, 0.1) is 6.10 Å². The van der Waals surface area contributed by atoms with Crippen LogP contribution in [0, 0.1) is 5.92 Å². The standard InChI is InChI=1S/C15H22N2O2/c1-10(2)19-14-5-3-11(4-6-14)9-17-15(18)12-7-13(16)8-12/h3-6,10,12-13H,7-9,16H2,1-2H3,(H,17,18). The molecule has 1 amide bonds. The molecule has 0 saturated heterocycles. The number of hydrogen-bond donors (Lipinski definition) is 2. The van der Waals surface area contributed by atoms with Gasteiger partial charge >= 0.3 is 0 Å². The van der Waals surface area contributed by atoms with E-state index in [1.54, 1.807) is 0 Å². The number of hydrogen-bond acceptors (Lipinski definition) is 3. The van der Waals surface area contributed by atoms with Crippen molar-refractivity contribution < 1.29 is 9.53 Å². The molecule has 104 valence electrons. The van der Waals surface area contributed by atoms with E-state index < -0.39 is 0 Å². The van der Waals surface area contributed by atoms with Crippen LogP contribution < -0.4 is 15.8 Å². The average molecular weight is 262 g/mol. The maximum absolute atomic E-state index is 11.8. The Balaban J connectivity index is 1.78. The lowest BCUT2D eigenvalue weighted by Crippen LogP contribution is -2.44. The Kier molecular flexibility index (Phi) is 4.43. The number of nitrogens with two attached hydrogens (primary N) is 1. The van der Waals surface area contributed by atoms with Crippen LogP contribution in [0.1, 0.15) is 32.3 Å². The van der Waals surface area contributed by atoms with Gasteiger partial charge in [-0.1, -0.05) is 12.1 Å². The molecule has 0 bridgehead atoms. The largest absolute Gasteiger partial charge is 0.491 e. The number of carbonyl (C=O) groups excluding carboxylic acids is 1. The predicted molar refractivity (Wildman–Crippen MR) is 74.8 cm³/mol. The third kappa shape index (κ3) is 3.96. The minimum atomic E-state index is 0.110. The Hall–Kier alpha value is -1.55. The molecule has 19 heavy (non-hydrogen) atoms. The second-order valence-electron chi connectivity index (χ2n) is 5.46. The van der Waals surface area contributed by atoms with Gasteiger partial charge in [-0.3, -0.25) is 4.79 Å². The number of benzene rings is 1. The Bertz CT molecular complexity index is 422. The predicted octanol–water partition coefficient (Wildman–Crippen LogP) is 1.83. The molecule has 1 aromatic carbocycles. The first-order chi connectivity index (χ1) is 9.04. The summed E-state index contributed by atoms with van der Waals surface area (Å²) in [5.41, 5.74) is 6.75. The molecule has 0 spiro atoms. The van der Waals surface area contributed by atoms with Crippen molar-refractivity contribution in [2.75, 3.05) is 0 Å². The van der Waals surface area contributed by atoms with E-state index in [-0.39, 0.29) is 24.0 Å². The zero-order valence-corrected chi connectivity index (χ0v) is 11.6. The van der Waals surface area contributed by atoms with Crippen molar-refractivity contribution >= 4 is 5.91 Å². The van der Waals surface area contributed by atoms with Crippen molar-refractivity contribution in [3.8, 4) is 5.75 Å². The van der Waals surface area contributed by atoms with Crippen molar-refractivity contribution in [1.82, 2.24) is 5.32 Å². The number of ether oxygens (including phenoxy) is 1. The summed E-state index contributed by atoms with van der Waals surface area (Å²) in [4.78, 5) is 11.8. The van der Waals surface area contributed by atoms with E-state index in [1.165, 1.54) is 0 Å². The molecule has 4 nitrogen and oxygen atoms in total. The molecule has 2 rings (SSSR count). The van der Waals surface area contributed by atoms with Gasteiger partial charge < -0.3 is 15.8 Å². The van der Waals surface area contributed by atoms with Gasteiger partial charge in [-0.25, -0.2) is 0 Å². The molecular weight excluding hydrogens is 240 g/mol. The topological polar surface area (TPSA) is 64.3 Å². The molecule has 1 aliphatic carbocycles. The van der Waals surface area contributed by atoms with Gasteiger partial charge in [-0.05, 0) is 44.4 Å². The molecule has 4 heteroatoms. The van der Waals surface area contributed by atoms with Crippen LogP contribution in [0.15, 0.2) is 24.3 Å². The van der Waals surface area contributed by atoms with Crippen LogP contribution in [0.4, 0.5) is 0 Å². The van der Waals surface area contributed by atoms with Crippen LogP contribution in [-0.4, -0.2) is 18.1 Å². The van der Waals surface area contributed by atoms with Crippen LogP contribution in [-0.2, 0) is 11.3 Å². The van der Waals surface area contributed by atoms with Gasteiger partial charge in [0.1, 0.15) is 5.75 Å². The van der Waals surface area contributed by atoms with E-state index in [0.29, 0.717) is 6.54 Å². The van der Waals surface area contributed by atoms with Crippen LogP contribution in [0.2, 0.25) is 0 Å². The molecule has 1 fully saturated rings. The zero-order chi connectivity index (χ0) is 13.8. The molecule has 0 radical (unpaired) electrons. The van der Waals surface area contributed by atoms with Gasteiger partial charge in [-0.15, -0.1) is 0 Å². The zero-order valence-electron chi connectivity index (χ0n) is 11.6. The first-order valence-electron chi connectivity index (χ1n) is 6.83. The number of nitrogens with one attached hydrogen (secondary N) is 1. The minimum absolute atomic E-state index is 0.110. The number of rotatable bonds is 5. The lowest BCUT2D eigenvalue weighted by molar-refractivity contribution is -0.128. The van der Waals surface area contributed by atoms with Crippen molar-refractivity contribution in [2.45, 2.75) is 45.4 Å². The summed E-state index contributed by atoms with van der Waals surface area (Å²) < 4.78 is 5.57. The highest BCUT2D eigenvalue weighted by Gasteiger charge is 2.31. The molecule has 1 aromatic rings. The maximum Gasteiger partial charge on any atom is 0.223 e. The van der Waals surface area contributed by atoms with E-state index in [4.69, 9.17) is 10.5 Å². The average Bonchev–Trinajstić information content (AvgIpc) is 2.33. The quantitative estimate of drug-likeness (QED) is 0.851. The van der Waals surface area contributed by atoms with E-state index in [1.807, 2.05) is 38.1 Å². The fourth-order valence-electron chi connectivity index (χ4n) is 2.17. The first kappa shape index (κ1) is 13.9. The highest BCUT2D eigenvalue weighted by molar-refractivity contribution is 5.79. The van der Waals surface area contributed by atoms with Crippen molar-refractivity contribution in [2.24, 2.45) is 11.7 Å². The Labute approximate surface area is 114 Å². The fourth-order valence-corrected chi connectivity index (χ4v) is 2.17. The highest BCUT2D eigenvalue weighted by atomic mass is 16.5. The smallest absolute Gasteiger partial charge is 0.223 e.